The number of carboxylic acid groups (broad SMARTS) is 2. The Morgan fingerprint density at radius 2 is 1.54 bits per heavy atom. The van der Waals surface area contributed by atoms with Crippen molar-refractivity contribution in [3.63, 3.8) is 0 Å². The summed E-state index contributed by atoms with van der Waals surface area (Å²) in [5.74, 6) is -2.07. The maximum atomic E-state index is 11.2. The molecule has 8 nitrogen and oxygen atoms in total. The van der Waals surface area contributed by atoms with Crippen LogP contribution in [0.2, 0.25) is 0 Å². The lowest BCUT2D eigenvalue weighted by atomic mass is 10.0. The van der Waals surface area contributed by atoms with Crippen molar-refractivity contribution < 1.29 is 19.8 Å². The van der Waals surface area contributed by atoms with Crippen molar-refractivity contribution in [2.75, 3.05) is 59.6 Å². The standard InChI is InChI=1S/C18H30N4O4/c1-20(2)8-9-21(3)11-16(10-14-4-6-15(19)7-5-14)22(12-17(23)24)13-18(25)26/h4-7,16H,8-13,19H2,1-3H3,(H,23,24)(H,25,26). The van der Waals surface area contributed by atoms with E-state index in [0.717, 1.165) is 18.7 Å². The number of nitrogen functional groups attached to an aromatic ring is 1. The van der Waals surface area contributed by atoms with E-state index in [-0.39, 0.29) is 19.1 Å². The molecular formula is C18H30N4O4. The second-order valence-electron chi connectivity index (χ2n) is 6.86. The van der Waals surface area contributed by atoms with Crippen LogP contribution in [0, 0.1) is 0 Å². The molecule has 0 saturated carbocycles. The van der Waals surface area contributed by atoms with E-state index in [4.69, 9.17) is 5.73 Å². The van der Waals surface area contributed by atoms with Gasteiger partial charge in [0, 0.05) is 31.4 Å². The van der Waals surface area contributed by atoms with Crippen LogP contribution in [0.25, 0.3) is 0 Å². The van der Waals surface area contributed by atoms with Crippen molar-refractivity contribution in [3.8, 4) is 0 Å². The zero-order chi connectivity index (χ0) is 19.7. The maximum absolute atomic E-state index is 11.2. The van der Waals surface area contributed by atoms with Crippen molar-refractivity contribution in [1.29, 1.82) is 0 Å². The molecule has 0 aliphatic rings. The van der Waals surface area contributed by atoms with Crippen molar-refractivity contribution in [1.82, 2.24) is 14.7 Å². The highest BCUT2D eigenvalue weighted by Gasteiger charge is 2.24. The van der Waals surface area contributed by atoms with E-state index in [1.54, 1.807) is 12.1 Å². The highest BCUT2D eigenvalue weighted by Crippen LogP contribution is 2.13. The van der Waals surface area contributed by atoms with Gasteiger partial charge in [0.05, 0.1) is 13.1 Å². The van der Waals surface area contributed by atoms with E-state index in [0.29, 0.717) is 18.7 Å². The lowest BCUT2D eigenvalue weighted by Gasteiger charge is -2.33. The Balaban J connectivity index is 2.94. The Bertz CT molecular complexity index is 561. The topological polar surface area (TPSA) is 110 Å². The molecule has 0 fully saturated rings. The number of nitrogens with two attached hydrogens (primary N) is 1. The Morgan fingerprint density at radius 1 is 1.00 bits per heavy atom. The number of anilines is 1. The van der Waals surface area contributed by atoms with E-state index in [1.807, 2.05) is 33.3 Å². The second kappa shape index (κ2) is 10.7. The molecule has 0 aliphatic carbocycles. The molecule has 8 heteroatoms. The van der Waals surface area contributed by atoms with Crippen molar-refractivity contribution >= 4 is 17.6 Å². The summed E-state index contributed by atoms with van der Waals surface area (Å²) in [5.41, 5.74) is 7.36. The number of likely N-dealkylation sites (N-methyl/N-ethyl adjacent to an activating group) is 2. The quantitative estimate of drug-likeness (QED) is 0.448. The van der Waals surface area contributed by atoms with Gasteiger partial charge in [0.25, 0.3) is 0 Å². The molecule has 0 aromatic heterocycles. The second-order valence-corrected chi connectivity index (χ2v) is 6.86. The van der Waals surface area contributed by atoms with Crippen LogP contribution in [0.5, 0.6) is 0 Å². The Labute approximate surface area is 154 Å². The molecule has 146 valence electrons. The van der Waals surface area contributed by atoms with E-state index in [2.05, 4.69) is 9.80 Å². The zero-order valence-corrected chi connectivity index (χ0v) is 15.8. The number of aliphatic carboxylic acids is 2. The smallest absolute Gasteiger partial charge is 0.317 e. The number of hydrogen-bond donors (Lipinski definition) is 3. The van der Waals surface area contributed by atoms with Crippen LogP contribution in [0.3, 0.4) is 0 Å². The summed E-state index contributed by atoms with van der Waals surface area (Å²) in [6.45, 7) is 1.61. The molecule has 1 aromatic rings. The normalized spacial score (nSPS) is 12.7. The first kappa shape index (κ1) is 21.9. The number of hydrogen-bond acceptors (Lipinski definition) is 6. The summed E-state index contributed by atoms with van der Waals surface area (Å²) in [5, 5.41) is 18.4. The molecule has 1 aromatic carbocycles. The van der Waals surface area contributed by atoms with Crippen LogP contribution in [-0.2, 0) is 16.0 Å². The van der Waals surface area contributed by atoms with E-state index in [1.165, 1.54) is 4.90 Å². The molecule has 0 spiro atoms. The third kappa shape index (κ3) is 8.80. The number of rotatable bonds is 12. The van der Waals surface area contributed by atoms with Crippen LogP contribution in [0.15, 0.2) is 24.3 Å². The fourth-order valence-electron chi connectivity index (χ4n) is 2.72. The van der Waals surface area contributed by atoms with Crippen molar-refractivity contribution in [2.45, 2.75) is 12.5 Å². The van der Waals surface area contributed by atoms with Gasteiger partial charge in [-0.15, -0.1) is 0 Å². The van der Waals surface area contributed by atoms with Gasteiger partial charge < -0.3 is 25.7 Å². The van der Waals surface area contributed by atoms with Gasteiger partial charge in [-0.25, -0.2) is 0 Å². The maximum Gasteiger partial charge on any atom is 0.317 e. The lowest BCUT2D eigenvalue weighted by Crippen LogP contribution is -2.49. The predicted octanol–water partition coefficient (Wildman–Crippen LogP) is 0.145. The summed E-state index contributed by atoms with van der Waals surface area (Å²) in [6, 6.07) is 7.13. The monoisotopic (exact) mass is 366 g/mol. The predicted molar refractivity (Wildman–Crippen MR) is 101 cm³/mol. The Morgan fingerprint density at radius 3 is 2.00 bits per heavy atom. The molecule has 0 amide bonds. The van der Waals surface area contributed by atoms with Crippen LogP contribution < -0.4 is 5.73 Å². The number of carboxylic acids is 2. The van der Waals surface area contributed by atoms with Crippen LogP contribution in [0.4, 0.5) is 5.69 Å². The summed E-state index contributed by atoms with van der Waals surface area (Å²) >= 11 is 0. The first-order valence-corrected chi connectivity index (χ1v) is 8.52. The minimum atomic E-state index is -1.04. The molecule has 1 rings (SSSR count). The highest BCUT2D eigenvalue weighted by atomic mass is 16.4. The number of benzene rings is 1. The third-order valence-electron chi connectivity index (χ3n) is 4.10. The van der Waals surface area contributed by atoms with Gasteiger partial charge >= 0.3 is 11.9 Å². The van der Waals surface area contributed by atoms with Gasteiger partial charge in [0.2, 0.25) is 0 Å². The molecule has 4 N–H and O–H groups in total. The average Bonchev–Trinajstić information content (AvgIpc) is 2.53. The molecule has 0 heterocycles. The van der Waals surface area contributed by atoms with Crippen molar-refractivity contribution in [2.24, 2.45) is 0 Å². The average molecular weight is 366 g/mol. The fourth-order valence-corrected chi connectivity index (χ4v) is 2.72. The number of carbonyl (C=O) groups is 2. The largest absolute Gasteiger partial charge is 0.480 e. The molecular weight excluding hydrogens is 336 g/mol. The molecule has 1 unspecified atom stereocenters. The first-order chi connectivity index (χ1) is 12.2. The minimum absolute atomic E-state index is 0.238. The summed E-state index contributed by atoms with van der Waals surface area (Å²) in [6.07, 6.45) is 0.549. The SMILES string of the molecule is CN(C)CCN(C)CC(Cc1ccc(N)cc1)N(CC(=O)O)CC(=O)O. The molecule has 0 saturated heterocycles. The van der Waals surface area contributed by atoms with Crippen LogP contribution in [0.1, 0.15) is 5.56 Å². The molecule has 1 atom stereocenters. The van der Waals surface area contributed by atoms with E-state index >= 15 is 0 Å². The van der Waals surface area contributed by atoms with Gasteiger partial charge in [-0.3, -0.25) is 14.5 Å². The van der Waals surface area contributed by atoms with Gasteiger partial charge in [0.15, 0.2) is 0 Å². The Kier molecular flexibility index (Phi) is 9.04. The van der Waals surface area contributed by atoms with Gasteiger partial charge in [-0.2, -0.15) is 0 Å². The molecule has 0 bridgehead atoms. The fraction of sp³-hybridized carbons (Fsp3) is 0.556. The minimum Gasteiger partial charge on any atom is -0.480 e. The molecule has 26 heavy (non-hydrogen) atoms. The van der Waals surface area contributed by atoms with Gasteiger partial charge in [-0.1, -0.05) is 12.1 Å². The zero-order valence-electron chi connectivity index (χ0n) is 15.8. The van der Waals surface area contributed by atoms with Crippen LogP contribution >= 0.6 is 0 Å². The summed E-state index contributed by atoms with van der Waals surface area (Å²) in [4.78, 5) is 28.1. The first-order valence-electron chi connectivity index (χ1n) is 8.52. The highest BCUT2D eigenvalue weighted by molar-refractivity contribution is 5.72. The van der Waals surface area contributed by atoms with Gasteiger partial charge in [0.1, 0.15) is 0 Å². The van der Waals surface area contributed by atoms with E-state index in [9.17, 15) is 19.8 Å². The van der Waals surface area contributed by atoms with E-state index < -0.39 is 11.9 Å². The molecule has 0 aliphatic heterocycles. The number of nitrogens with zero attached hydrogens (tertiary/aromatic N) is 3. The summed E-state index contributed by atoms with van der Waals surface area (Å²) < 4.78 is 0. The van der Waals surface area contributed by atoms with Crippen LogP contribution in [-0.4, -0.2) is 96.8 Å². The molecule has 0 radical (unpaired) electrons. The lowest BCUT2D eigenvalue weighted by molar-refractivity contribution is -0.143. The third-order valence-corrected chi connectivity index (χ3v) is 4.10. The summed E-state index contributed by atoms with van der Waals surface area (Å²) in [7, 11) is 5.93. The van der Waals surface area contributed by atoms with Crippen molar-refractivity contribution in [3.05, 3.63) is 29.8 Å². The van der Waals surface area contributed by atoms with Gasteiger partial charge in [-0.05, 0) is 45.3 Å². The Hall–Kier alpha value is -2.16.